The third-order valence-corrected chi connectivity index (χ3v) is 3.62. The average molecular weight is 255 g/mol. The van der Waals surface area contributed by atoms with Crippen LogP contribution in [0.3, 0.4) is 0 Å². The van der Waals surface area contributed by atoms with Crippen molar-refractivity contribution in [1.29, 1.82) is 0 Å². The predicted octanol–water partition coefficient (Wildman–Crippen LogP) is 2.62. The van der Waals surface area contributed by atoms with E-state index in [0.29, 0.717) is 0 Å². The zero-order chi connectivity index (χ0) is 13.1. The van der Waals surface area contributed by atoms with Crippen molar-refractivity contribution in [3.05, 3.63) is 53.1 Å². The maximum Gasteiger partial charge on any atom is 0.155 e. The molecule has 0 spiro atoms. The van der Waals surface area contributed by atoms with Crippen LogP contribution in [0.5, 0.6) is 0 Å². The van der Waals surface area contributed by atoms with E-state index in [0.717, 1.165) is 30.9 Å². The summed E-state index contributed by atoms with van der Waals surface area (Å²) in [4.78, 5) is 4.59. The van der Waals surface area contributed by atoms with Crippen LogP contribution in [-0.4, -0.2) is 21.0 Å². The normalized spacial score (nSPS) is 14.7. The molecule has 0 saturated heterocycles. The Bertz CT molecular complexity index is 587. The van der Waals surface area contributed by atoms with Crippen LogP contribution in [-0.2, 0) is 19.4 Å². The molecule has 0 bridgehead atoms. The summed E-state index contributed by atoms with van der Waals surface area (Å²) in [6.45, 7) is 0.782. The Morgan fingerprint density at radius 1 is 1.21 bits per heavy atom. The van der Waals surface area contributed by atoms with Gasteiger partial charge in [0.25, 0.3) is 0 Å². The van der Waals surface area contributed by atoms with Gasteiger partial charge in [-0.05, 0) is 31.2 Å². The molecule has 1 heterocycles. The lowest BCUT2D eigenvalue weighted by atomic mass is 10.0. The van der Waals surface area contributed by atoms with E-state index in [1.807, 2.05) is 18.2 Å². The Morgan fingerprint density at radius 2 is 2.00 bits per heavy atom. The molecule has 2 aromatic rings. The topological polar surface area (TPSA) is 50.4 Å². The highest BCUT2D eigenvalue weighted by Gasteiger charge is 2.19. The number of oxime groups is 1. The molecule has 1 N–H and O–H groups in total. The summed E-state index contributed by atoms with van der Waals surface area (Å²) in [7, 11) is 0. The van der Waals surface area contributed by atoms with E-state index in [1.54, 1.807) is 0 Å². The zero-order valence-corrected chi connectivity index (χ0v) is 10.8. The first-order valence-corrected chi connectivity index (χ1v) is 6.68. The summed E-state index contributed by atoms with van der Waals surface area (Å²) in [5, 5.41) is 11.9. The first-order chi connectivity index (χ1) is 9.38. The fraction of sp³-hybridized carbons (Fsp3) is 0.333. The van der Waals surface area contributed by atoms with Gasteiger partial charge in [-0.25, -0.2) is 4.98 Å². The minimum atomic E-state index is 0.748. The van der Waals surface area contributed by atoms with Gasteiger partial charge in [-0.1, -0.05) is 35.5 Å². The highest BCUT2D eigenvalue weighted by Crippen LogP contribution is 2.22. The van der Waals surface area contributed by atoms with Gasteiger partial charge in [0.2, 0.25) is 0 Å². The number of hydrogen-bond donors (Lipinski definition) is 1. The number of benzene rings is 1. The van der Waals surface area contributed by atoms with Crippen LogP contribution in [0.15, 0.2) is 35.5 Å². The standard InChI is InChI=1S/C15H17N3O/c19-16-10-15-17-13-8-4-5-9-14(13)18(15)11-12-6-2-1-3-7-12/h1-3,6-7,10,19H,4-5,8-9,11H2/b16-10+. The second-order valence-corrected chi connectivity index (χ2v) is 4.89. The molecule has 1 aliphatic rings. The zero-order valence-electron chi connectivity index (χ0n) is 10.8. The molecule has 98 valence electrons. The van der Waals surface area contributed by atoms with E-state index < -0.39 is 0 Å². The molecule has 0 radical (unpaired) electrons. The smallest absolute Gasteiger partial charge is 0.155 e. The number of aromatic nitrogens is 2. The second kappa shape index (κ2) is 5.26. The lowest BCUT2D eigenvalue weighted by Crippen LogP contribution is -2.11. The van der Waals surface area contributed by atoms with Gasteiger partial charge in [-0.2, -0.15) is 0 Å². The number of fused-ring (bicyclic) bond motifs is 1. The molecule has 1 aromatic carbocycles. The molecule has 0 atom stereocenters. The quantitative estimate of drug-likeness (QED) is 0.520. The molecule has 0 fully saturated rings. The SMILES string of the molecule is O/N=C/c1nc2c(n1Cc1ccccc1)CCCC2. The Labute approximate surface area is 112 Å². The monoisotopic (exact) mass is 255 g/mol. The highest BCUT2D eigenvalue weighted by molar-refractivity contribution is 5.74. The Hall–Kier alpha value is -2.10. The summed E-state index contributed by atoms with van der Waals surface area (Å²) in [5.41, 5.74) is 3.70. The van der Waals surface area contributed by atoms with E-state index in [-0.39, 0.29) is 0 Å². The van der Waals surface area contributed by atoms with Crippen molar-refractivity contribution in [3.8, 4) is 0 Å². The summed E-state index contributed by atoms with van der Waals surface area (Å²) in [6, 6.07) is 10.3. The lowest BCUT2D eigenvalue weighted by molar-refractivity contribution is 0.321. The number of aryl methyl sites for hydroxylation is 1. The highest BCUT2D eigenvalue weighted by atomic mass is 16.4. The fourth-order valence-electron chi connectivity index (χ4n) is 2.71. The van der Waals surface area contributed by atoms with Gasteiger partial charge in [0, 0.05) is 12.2 Å². The van der Waals surface area contributed by atoms with Gasteiger partial charge in [0.1, 0.15) is 6.21 Å². The first-order valence-electron chi connectivity index (χ1n) is 6.68. The van der Waals surface area contributed by atoms with Gasteiger partial charge in [-0.3, -0.25) is 0 Å². The van der Waals surface area contributed by atoms with Crippen LogP contribution < -0.4 is 0 Å². The van der Waals surface area contributed by atoms with Crippen molar-refractivity contribution < 1.29 is 5.21 Å². The van der Waals surface area contributed by atoms with Gasteiger partial charge in [-0.15, -0.1) is 0 Å². The molecule has 0 unspecified atom stereocenters. The molecular formula is C15H17N3O. The van der Waals surface area contributed by atoms with E-state index in [9.17, 15) is 0 Å². The maximum atomic E-state index is 8.79. The molecule has 3 rings (SSSR count). The van der Waals surface area contributed by atoms with Crippen LogP contribution >= 0.6 is 0 Å². The van der Waals surface area contributed by atoms with Crippen LogP contribution in [0.25, 0.3) is 0 Å². The number of nitrogens with zero attached hydrogens (tertiary/aromatic N) is 3. The first kappa shape index (κ1) is 12.0. The maximum absolute atomic E-state index is 8.79. The number of hydrogen-bond acceptors (Lipinski definition) is 3. The van der Waals surface area contributed by atoms with E-state index >= 15 is 0 Å². The molecule has 1 aromatic heterocycles. The van der Waals surface area contributed by atoms with Crippen molar-refractivity contribution >= 4 is 6.21 Å². The number of imidazole rings is 1. The number of rotatable bonds is 3. The lowest BCUT2D eigenvalue weighted by Gasteiger charge is -2.14. The predicted molar refractivity (Wildman–Crippen MR) is 73.8 cm³/mol. The summed E-state index contributed by atoms with van der Waals surface area (Å²) >= 11 is 0. The van der Waals surface area contributed by atoms with Crippen molar-refractivity contribution in [2.75, 3.05) is 0 Å². The fourth-order valence-corrected chi connectivity index (χ4v) is 2.71. The molecule has 0 amide bonds. The van der Waals surface area contributed by atoms with Crippen LogP contribution in [0, 0.1) is 0 Å². The Kier molecular flexibility index (Phi) is 3.31. The Morgan fingerprint density at radius 3 is 2.79 bits per heavy atom. The minimum Gasteiger partial charge on any atom is -0.411 e. The molecular weight excluding hydrogens is 238 g/mol. The van der Waals surface area contributed by atoms with Crippen LogP contribution in [0.1, 0.15) is 35.6 Å². The molecule has 0 saturated carbocycles. The molecule has 0 aliphatic heterocycles. The average Bonchev–Trinajstić information content (AvgIpc) is 2.79. The summed E-state index contributed by atoms with van der Waals surface area (Å²) in [5.74, 6) is 0.748. The summed E-state index contributed by atoms with van der Waals surface area (Å²) in [6.07, 6.45) is 5.94. The van der Waals surface area contributed by atoms with Crippen molar-refractivity contribution in [3.63, 3.8) is 0 Å². The third kappa shape index (κ3) is 2.38. The van der Waals surface area contributed by atoms with Gasteiger partial charge >= 0.3 is 0 Å². The minimum absolute atomic E-state index is 0.748. The van der Waals surface area contributed by atoms with Gasteiger partial charge < -0.3 is 9.77 Å². The molecule has 19 heavy (non-hydrogen) atoms. The van der Waals surface area contributed by atoms with Crippen molar-refractivity contribution in [2.24, 2.45) is 5.16 Å². The van der Waals surface area contributed by atoms with Crippen LogP contribution in [0.4, 0.5) is 0 Å². The largest absolute Gasteiger partial charge is 0.411 e. The van der Waals surface area contributed by atoms with E-state index in [4.69, 9.17) is 5.21 Å². The van der Waals surface area contributed by atoms with Crippen LogP contribution in [0.2, 0.25) is 0 Å². The molecule has 4 nitrogen and oxygen atoms in total. The van der Waals surface area contributed by atoms with E-state index in [2.05, 4.69) is 26.8 Å². The van der Waals surface area contributed by atoms with Gasteiger partial charge in [0.15, 0.2) is 5.82 Å². The Balaban J connectivity index is 2.00. The van der Waals surface area contributed by atoms with Crippen molar-refractivity contribution in [2.45, 2.75) is 32.2 Å². The third-order valence-electron chi connectivity index (χ3n) is 3.62. The van der Waals surface area contributed by atoms with Gasteiger partial charge in [0.05, 0.1) is 5.69 Å². The second-order valence-electron chi connectivity index (χ2n) is 4.89. The van der Waals surface area contributed by atoms with Crippen molar-refractivity contribution in [1.82, 2.24) is 9.55 Å². The summed E-state index contributed by atoms with van der Waals surface area (Å²) < 4.78 is 2.17. The molecule has 4 heteroatoms. The molecule has 1 aliphatic carbocycles. The van der Waals surface area contributed by atoms with E-state index in [1.165, 1.54) is 30.3 Å².